The van der Waals surface area contributed by atoms with Gasteiger partial charge in [-0.15, -0.1) is 0 Å². The normalized spacial score (nSPS) is 37.8. The molecule has 3 fully saturated rings. The average molecular weight is 415 g/mol. The lowest BCUT2D eigenvalue weighted by Crippen LogP contribution is -2.52. The second-order valence-corrected chi connectivity index (χ2v) is 15.3. The summed E-state index contributed by atoms with van der Waals surface area (Å²) in [5, 5.41) is 13.9. The Labute approximate surface area is 170 Å². The van der Waals surface area contributed by atoms with E-state index < -0.39 is 20.2 Å². The maximum Gasteiger partial charge on any atom is 0.216 e. The molecule has 1 amide bonds. The molecule has 0 radical (unpaired) electrons. The van der Waals surface area contributed by atoms with Crippen molar-refractivity contribution in [1.29, 1.82) is 0 Å². The summed E-state index contributed by atoms with van der Waals surface area (Å²) in [6, 6.07) is -0.0711. The summed E-state index contributed by atoms with van der Waals surface area (Å²) in [5.74, 6) is -0.738. The number of hydrogen-bond acceptors (Lipinski definition) is 6. The Hall–Kier alpha value is -0.513. The van der Waals surface area contributed by atoms with Crippen molar-refractivity contribution in [3.05, 3.63) is 0 Å². The SMILES string of the molecule is CC(=O)NC[C@@H]1[C@H]2OC(C)(C)O[C@H]2[C@H]2[C@H](O)C[C@@H](CO[Si](C)(C)C(C)(C)C)N21. The van der Waals surface area contributed by atoms with Crippen LogP contribution in [0.25, 0.3) is 0 Å². The summed E-state index contributed by atoms with van der Waals surface area (Å²) < 4.78 is 18.9. The van der Waals surface area contributed by atoms with Crippen molar-refractivity contribution in [2.24, 2.45) is 0 Å². The predicted octanol–water partition coefficient (Wildman–Crippen LogP) is 1.85. The summed E-state index contributed by atoms with van der Waals surface area (Å²) in [4.78, 5) is 13.9. The lowest BCUT2D eigenvalue weighted by atomic mass is 10.0. The number of carbonyl (C=O) groups excluding carboxylic acids is 1. The van der Waals surface area contributed by atoms with Gasteiger partial charge in [0.1, 0.15) is 12.2 Å². The van der Waals surface area contributed by atoms with E-state index in [2.05, 4.69) is 44.1 Å². The van der Waals surface area contributed by atoms with Gasteiger partial charge in [-0.25, -0.2) is 0 Å². The third kappa shape index (κ3) is 4.04. The molecule has 0 aliphatic carbocycles. The third-order valence-corrected chi connectivity index (χ3v) is 11.4. The van der Waals surface area contributed by atoms with Gasteiger partial charge in [0.2, 0.25) is 5.91 Å². The van der Waals surface area contributed by atoms with Crippen LogP contribution in [0.2, 0.25) is 18.1 Å². The molecule has 0 bridgehead atoms. The monoisotopic (exact) mass is 414 g/mol. The van der Waals surface area contributed by atoms with Crippen LogP contribution in [0.15, 0.2) is 0 Å². The van der Waals surface area contributed by atoms with Gasteiger partial charge in [-0.1, -0.05) is 20.8 Å². The fourth-order valence-electron chi connectivity index (χ4n) is 4.56. The van der Waals surface area contributed by atoms with Crippen molar-refractivity contribution >= 4 is 14.2 Å². The molecule has 3 heterocycles. The smallest absolute Gasteiger partial charge is 0.216 e. The molecule has 0 saturated carbocycles. The number of rotatable bonds is 5. The van der Waals surface area contributed by atoms with E-state index in [1.54, 1.807) is 0 Å². The summed E-state index contributed by atoms with van der Waals surface area (Å²) in [7, 11) is -1.89. The van der Waals surface area contributed by atoms with Gasteiger partial charge < -0.3 is 24.3 Å². The van der Waals surface area contributed by atoms with Crippen molar-refractivity contribution in [3.8, 4) is 0 Å². The van der Waals surface area contributed by atoms with E-state index in [0.29, 0.717) is 19.6 Å². The molecule has 8 heteroatoms. The minimum atomic E-state index is -1.89. The summed E-state index contributed by atoms with van der Waals surface area (Å²) >= 11 is 0. The van der Waals surface area contributed by atoms with Crippen LogP contribution in [-0.2, 0) is 18.7 Å². The number of amides is 1. The largest absolute Gasteiger partial charge is 0.415 e. The fraction of sp³-hybridized carbons (Fsp3) is 0.950. The Morgan fingerprint density at radius 3 is 2.46 bits per heavy atom. The summed E-state index contributed by atoms with van der Waals surface area (Å²) in [5.41, 5.74) is 0. The highest BCUT2D eigenvalue weighted by Crippen LogP contribution is 2.47. The second-order valence-electron chi connectivity index (χ2n) is 10.5. The number of aliphatic hydroxyl groups excluding tert-OH is 1. The average Bonchev–Trinajstić information content (AvgIpc) is 3.09. The predicted molar refractivity (Wildman–Crippen MR) is 109 cm³/mol. The quantitative estimate of drug-likeness (QED) is 0.669. The fourth-order valence-corrected chi connectivity index (χ4v) is 5.60. The molecule has 0 aromatic heterocycles. The van der Waals surface area contributed by atoms with E-state index in [-0.39, 0.29) is 41.3 Å². The van der Waals surface area contributed by atoms with Crippen LogP contribution < -0.4 is 5.32 Å². The van der Waals surface area contributed by atoms with Crippen molar-refractivity contribution in [2.75, 3.05) is 13.2 Å². The van der Waals surface area contributed by atoms with Crippen LogP contribution in [0.1, 0.15) is 48.0 Å². The first-order valence-electron chi connectivity index (χ1n) is 10.4. The molecule has 6 atom stereocenters. The molecule has 3 rings (SSSR count). The molecule has 162 valence electrons. The molecule has 28 heavy (non-hydrogen) atoms. The maximum atomic E-state index is 11.6. The highest BCUT2D eigenvalue weighted by molar-refractivity contribution is 6.74. The molecule has 2 N–H and O–H groups in total. The van der Waals surface area contributed by atoms with E-state index in [9.17, 15) is 9.90 Å². The maximum absolute atomic E-state index is 11.6. The Bertz CT molecular complexity index is 606. The molecule has 0 spiro atoms. The number of nitrogens with one attached hydrogen (secondary N) is 1. The first-order chi connectivity index (χ1) is 12.7. The van der Waals surface area contributed by atoms with Crippen LogP contribution in [0.3, 0.4) is 0 Å². The number of ether oxygens (including phenoxy) is 2. The molecule has 3 aliphatic rings. The standard InChI is InChI=1S/C20H38N2O5Si/c1-12(23)21-10-14-17-18(27-20(5,6)26-17)16-15(24)9-13(22(14)16)11-25-28(7,8)19(2,3)4/h13-18,24H,9-11H2,1-8H3,(H,21,23)/t13-,14+,15+,16+,17+,18-/m0/s1. The van der Waals surface area contributed by atoms with E-state index in [1.165, 1.54) is 6.92 Å². The van der Waals surface area contributed by atoms with Crippen molar-refractivity contribution < 1.29 is 23.8 Å². The summed E-state index contributed by atoms with van der Waals surface area (Å²) in [6.07, 6.45) is -0.192. The Balaban J connectivity index is 1.79. The zero-order chi connectivity index (χ0) is 21.1. The number of carbonyl (C=O) groups is 1. The Kier molecular flexibility index (Phi) is 5.80. The molecule has 3 saturated heterocycles. The first-order valence-corrected chi connectivity index (χ1v) is 13.3. The Morgan fingerprint density at radius 1 is 1.29 bits per heavy atom. The molecule has 0 aromatic rings. The Morgan fingerprint density at radius 2 is 1.89 bits per heavy atom. The third-order valence-electron chi connectivity index (χ3n) is 6.94. The number of aliphatic hydroxyl groups is 1. The lowest BCUT2D eigenvalue weighted by Gasteiger charge is -2.39. The molecular formula is C20H38N2O5Si. The van der Waals surface area contributed by atoms with Crippen LogP contribution >= 0.6 is 0 Å². The lowest BCUT2D eigenvalue weighted by molar-refractivity contribution is -0.170. The molecule has 7 nitrogen and oxygen atoms in total. The van der Waals surface area contributed by atoms with E-state index >= 15 is 0 Å². The molecule has 0 aromatic carbocycles. The number of fused-ring (bicyclic) bond motifs is 3. The van der Waals surface area contributed by atoms with Crippen molar-refractivity contribution in [3.63, 3.8) is 0 Å². The van der Waals surface area contributed by atoms with Gasteiger partial charge in [-0.05, 0) is 38.4 Å². The zero-order valence-corrected chi connectivity index (χ0v) is 19.6. The van der Waals surface area contributed by atoms with Crippen LogP contribution in [0.4, 0.5) is 0 Å². The molecule has 0 unspecified atom stereocenters. The molecule has 3 aliphatic heterocycles. The minimum Gasteiger partial charge on any atom is -0.415 e. The number of hydrogen-bond donors (Lipinski definition) is 2. The van der Waals surface area contributed by atoms with Gasteiger partial charge in [-0.2, -0.15) is 0 Å². The zero-order valence-electron chi connectivity index (χ0n) is 18.6. The van der Waals surface area contributed by atoms with Crippen LogP contribution in [0, 0.1) is 0 Å². The van der Waals surface area contributed by atoms with Gasteiger partial charge in [-0.3, -0.25) is 9.69 Å². The topological polar surface area (TPSA) is 80.3 Å². The second kappa shape index (κ2) is 7.32. The van der Waals surface area contributed by atoms with Gasteiger partial charge in [0.05, 0.1) is 18.2 Å². The van der Waals surface area contributed by atoms with E-state index in [1.807, 2.05) is 13.8 Å². The van der Waals surface area contributed by atoms with Gasteiger partial charge >= 0.3 is 0 Å². The molecular weight excluding hydrogens is 376 g/mol. The van der Waals surface area contributed by atoms with Crippen molar-refractivity contribution in [2.45, 2.75) is 108 Å². The minimum absolute atomic E-state index is 0.0363. The van der Waals surface area contributed by atoms with E-state index in [4.69, 9.17) is 13.9 Å². The van der Waals surface area contributed by atoms with Crippen LogP contribution in [-0.4, -0.2) is 79.6 Å². The van der Waals surface area contributed by atoms with Crippen molar-refractivity contribution in [1.82, 2.24) is 10.2 Å². The van der Waals surface area contributed by atoms with Gasteiger partial charge in [0.25, 0.3) is 0 Å². The van der Waals surface area contributed by atoms with Gasteiger partial charge in [0.15, 0.2) is 14.1 Å². The number of nitrogens with zero attached hydrogens (tertiary/aromatic N) is 1. The van der Waals surface area contributed by atoms with E-state index in [0.717, 1.165) is 0 Å². The summed E-state index contributed by atoms with van der Waals surface area (Å²) in [6.45, 7) is 17.6. The highest BCUT2D eigenvalue weighted by atomic mass is 28.4. The van der Waals surface area contributed by atoms with Gasteiger partial charge in [0, 0.05) is 26.1 Å². The first kappa shape index (κ1) is 22.2. The highest BCUT2D eigenvalue weighted by Gasteiger charge is 2.63. The van der Waals surface area contributed by atoms with Crippen LogP contribution in [0.5, 0.6) is 0 Å².